The van der Waals surface area contributed by atoms with Gasteiger partial charge in [0.15, 0.2) is 11.0 Å². The quantitative estimate of drug-likeness (QED) is 0.396. The Morgan fingerprint density at radius 1 is 1.24 bits per heavy atom. The van der Waals surface area contributed by atoms with Crippen LogP contribution in [0.3, 0.4) is 0 Å². The molecule has 0 aliphatic rings. The molecule has 0 fully saturated rings. The maximum absolute atomic E-state index is 13.0. The molecule has 2 aromatic carbocycles. The van der Waals surface area contributed by atoms with Gasteiger partial charge in [-0.15, -0.1) is 16.8 Å². The van der Waals surface area contributed by atoms with Gasteiger partial charge in [-0.25, -0.2) is 4.39 Å². The van der Waals surface area contributed by atoms with Crippen molar-refractivity contribution in [1.82, 2.24) is 14.8 Å². The summed E-state index contributed by atoms with van der Waals surface area (Å²) in [5, 5.41) is 12.1. The highest BCUT2D eigenvalue weighted by atomic mass is 35.5. The van der Waals surface area contributed by atoms with Crippen LogP contribution in [0.5, 0.6) is 5.75 Å². The maximum Gasteiger partial charge on any atom is 0.234 e. The molecule has 0 atom stereocenters. The van der Waals surface area contributed by atoms with Crippen molar-refractivity contribution in [2.45, 2.75) is 18.3 Å². The van der Waals surface area contributed by atoms with E-state index in [1.165, 1.54) is 36.0 Å². The topological polar surface area (TPSA) is 69.0 Å². The zero-order valence-electron chi connectivity index (χ0n) is 15.3. The number of aromatic nitrogens is 3. The number of para-hydroxylation sites is 1. The van der Waals surface area contributed by atoms with Gasteiger partial charge in [-0.3, -0.25) is 9.36 Å². The Labute approximate surface area is 176 Å². The molecular weight excluding hydrogens is 415 g/mol. The van der Waals surface area contributed by atoms with Gasteiger partial charge in [0.2, 0.25) is 5.91 Å². The highest BCUT2D eigenvalue weighted by Gasteiger charge is 2.14. The lowest BCUT2D eigenvalue weighted by molar-refractivity contribution is -0.113. The van der Waals surface area contributed by atoms with Gasteiger partial charge in [0.05, 0.1) is 16.5 Å². The molecule has 6 nitrogen and oxygen atoms in total. The fourth-order valence-corrected chi connectivity index (χ4v) is 3.35. The molecule has 0 unspecified atom stereocenters. The number of amides is 1. The van der Waals surface area contributed by atoms with E-state index < -0.39 is 0 Å². The molecule has 0 radical (unpaired) electrons. The molecule has 3 rings (SSSR count). The summed E-state index contributed by atoms with van der Waals surface area (Å²) in [7, 11) is 0. The molecular formula is C20H18ClFN4O2S. The molecule has 3 aromatic rings. The second-order valence-electron chi connectivity index (χ2n) is 5.86. The molecule has 0 spiro atoms. The summed E-state index contributed by atoms with van der Waals surface area (Å²) in [6, 6.07) is 12.7. The van der Waals surface area contributed by atoms with Crippen molar-refractivity contribution in [3.05, 3.63) is 77.9 Å². The van der Waals surface area contributed by atoms with Gasteiger partial charge in [0.25, 0.3) is 0 Å². The first-order valence-corrected chi connectivity index (χ1v) is 10.0. The Balaban J connectivity index is 1.61. The second-order valence-corrected chi connectivity index (χ2v) is 7.21. The van der Waals surface area contributed by atoms with Crippen LogP contribution in [-0.4, -0.2) is 26.4 Å². The van der Waals surface area contributed by atoms with Crippen LogP contribution in [0.2, 0.25) is 5.02 Å². The zero-order valence-corrected chi connectivity index (χ0v) is 16.9. The fraction of sp³-hybridized carbons (Fsp3) is 0.150. The molecule has 0 aliphatic carbocycles. The summed E-state index contributed by atoms with van der Waals surface area (Å²) >= 11 is 7.30. The maximum atomic E-state index is 13.0. The van der Waals surface area contributed by atoms with Gasteiger partial charge in [0, 0.05) is 6.54 Å². The Bertz CT molecular complexity index is 994. The lowest BCUT2D eigenvalue weighted by Crippen LogP contribution is -2.15. The minimum atomic E-state index is -0.332. The van der Waals surface area contributed by atoms with Crippen LogP contribution < -0.4 is 10.1 Å². The third kappa shape index (κ3) is 5.82. The van der Waals surface area contributed by atoms with Gasteiger partial charge in [0.1, 0.15) is 18.2 Å². The van der Waals surface area contributed by atoms with E-state index in [1.54, 1.807) is 30.3 Å². The molecule has 0 saturated carbocycles. The average Bonchev–Trinajstić information content (AvgIpc) is 3.10. The molecule has 29 heavy (non-hydrogen) atoms. The van der Waals surface area contributed by atoms with Crippen molar-refractivity contribution < 1.29 is 13.9 Å². The van der Waals surface area contributed by atoms with Gasteiger partial charge >= 0.3 is 0 Å². The summed E-state index contributed by atoms with van der Waals surface area (Å²) in [6.45, 7) is 4.36. The standard InChI is InChI=1S/C20H18ClFN4O2S/c1-2-11-26-18(12-28-15-9-7-14(22)8-10-15)24-25-20(26)29-13-19(27)23-17-6-4-3-5-16(17)21/h2-10H,1,11-13H2,(H,23,27). The van der Waals surface area contributed by atoms with Crippen molar-refractivity contribution >= 4 is 35.0 Å². The van der Waals surface area contributed by atoms with Crippen molar-refractivity contribution in [1.29, 1.82) is 0 Å². The first-order chi connectivity index (χ1) is 14.1. The van der Waals surface area contributed by atoms with Crippen molar-refractivity contribution in [3.8, 4) is 5.75 Å². The Kier molecular flexibility index (Phi) is 7.26. The van der Waals surface area contributed by atoms with Gasteiger partial charge in [-0.1, -0.05) is 41.6 Å². The number of carbonyl (C=O) groups excluding carboxylic acids is 1. The first-order valence-electron chi connectivity index (χ1n) is 8.65. The SMILES string of the molecule is C=CCn1c(COc2ccc(F)cc2)nnc1SCC(=O)Nc1ccccc1Cl. The third-order valence-electron chi connectivity index (χ3n) is 3.77. The van der Waals surface area contributed by atoms with E-state index in [4.69, 9.17) is 16.3 Å². The number of thioether (sulfide) groups is 1. The van der Waals surface area contributed by atoms with Crippen LogP contribution in [0.25, 0.3) is 0 Å². The van der Waals surface area contributed by atoms with Crippen LogP contribution in [0.4, 0.5) is 10.1 Å². The summed E-state index contributed by atoms with van der Waals surface area (Å²) in [6.07, 6.45) is 1.71. The lowest BCUT2D eigenvalue weighted by atomic mass is 10.3. The average molecular weight is 433 g/mol. The summed E-state index contributed by atoms with van der Waals surface area (Å²) in [4.78, 5) is 12.2. The minimum absolute atomic E-state index is 0.138. The number of benzene rings is 2. The van der Waals surface area contributed by atoms with Crippen LogP contribution in [0.15, 0.2) is 66.3 Å². The molecule has 0 bridgehead atoms. The van der Waals surface area contributed by atoms with E-state index in [2.05, 4.69) is 22.1 Å². The number of hydrogen-bond acceptors (Lipinski definition) is 5. The summed E-state index contributed by atoms with van der Waals surface area (Å²) < 4.78 is 20.4. The van der Waals surface area contributed by atoms with Crippen molar-refractivity contribution in [2.75, 3.05) is 11.1 Å². The number of ether oxygens (including phenoxy) is 1. The largest absolute Gasteiger partial charge is 0.486 e. The van der Waals surface area contributed by atoms with Crippen molar-refractivity contribution in [2.24, 2.45) is 0 Å². The molecule has 1 amide bonds. The van der Waals surface area contributed by atoms with E-state index >= 15 is 0 Å². The third-order valence-corrected chi connectivity index (χ3v) is 5.06. The summed E-state index contributed by atoms with van der Waals surface area (Å²) in [5.74, 6) is 0.691. The molecule has 1 aromatic heterocycles. The van der Waals surface area contributed by atoms with E-state index in [9.17, 15) is 9.18 Å². The smallest absolute Gasteiger partial charge is 0.234 e. The Hall–Kier alpha value is -2.84. The molecule has 0 aliphatic heterocycles. The first kappa shape index (κ1) is 20.9. The molecule has 1 heterocycles. The predicted octanol–water partition coefficient (Wildman–Crippen LogP) is 4.57. The number of allylic oxidation sites excluding steroid dienone is 1. The lowest BCUT2D eigenvalue weighted by Gasteiger charge is -2.09. The molecule has 1 N–H and O–H groups in total. The zero-order chi connectivity index (χ0) is 20.6. The highest BCUT2D eigenvalue weighted by molar-refractivity contribution is 7.99. The fourth-order valence-electron chi connectivity index (χ4n) is 2.40. The van der Waals surface area contributed by atoms with Crippen LogP contribution >= 0.6 is 23.4 Å². The number of halogens is 2. The minimum Gasteiger partial charge on any atom is -0.486 e. The molecule has 0 saturated heterocycles. The van der Waals surface area contributed by atoms with Gasteiger partial charge < -0.3 is 10.1 Å². The number of nitrogens with one attached hydrogen (secondary N) is 1. The number of carbonyl (C=O) groups is 1. The summed E-state index contributed by atoms with van der Waals surface area (Å²) in [5.41, 5.74) is 0.556. The Morgan fingerprint density at radius 2 is 2.00 bits per heavy atom. The molecule has 9 heteroatoms. The number of rotatable bonds is 9. The van der Waals surface area contributed by atoms with E-state index in [-0.39, 0.29) is 24.1 Å². The van der Waals surface area contributed by atoms with E-state index in [0.717, 1.165) is 0 Å². The monoisotopic (exact) mass is 432 g/mol. The second kappa shape index (κ2) is 10.1. The highest BCUT2D eigenvalue weighted by Crippen LogP contribution is 2.22. The number of hydrogen-bond donors (Lipinski definition) is 1. The number of anilines is 1. The predicted molar refractivity (Wildman–Crippen MR) is 112 cm³/mol. The Morgan fingerprint density at radius 3 is 2.72 bits per heavy atom. The molecule has 150 valence electrons. The van der Waals surface area contributed by atoms with Crippen LogP contribution in [0, 0.1) is 5.82 Å². The van der Waals surface area contributed by atoms with E-state index in [1.807, 2.05) is 4.57 Å². The van der Waals surface area contributed by atoms with Crippen LogP contribution in [-0.2, 0) is 17.9 Å². The normalized spacial score (nSPS) is 10.6. The number of nitrogens with zero attached hydrogens (tertiary/aromatic N) is 3. The van der Waals surface area contributed by atoms with Gasteiger partial charge in [-0.2, -0.15) is 0 Å². The van der Waals surface area contributed by atoms with Crippen molar-refractivity contribution in [3.63, 3.8) is 0 Å². The van der Waals surface area contributed by atoms with E-state index in [0.29, 0.717) is 34.0 Å². The van der Waals surface area contributed by atoms with Gasteiger partial charge in [-0.05, 0) is 36.4 Å². The van der Waals surface area contributed by atoms with Crippen LogP contribution in [0.1, 0.15) is 5.82 Å².